The van der Waals surface area contributed by atoms with Crippen molar-refractivity contribution in [1.29, 1.82) is 0 Å². The third-order valence-electron chi connectivity index (χ3n) is 6.53. The Morgan fingerprint density at radius 3 is 2.57 bits per heavy atom. The van der Waals surface area contributed by atoms with E-state index in [0.717, 1.165) is 6.92 Å². The zero-order valence-corrected chi connectivity index (χ0v) is 19.5. The van der Waals surface area contributed by atoms with Crippen LogP contribution in [-0.4, -0.2) is 47.4 Å². The largest absolute Gasteiger partial charge is 0.397 e. The number of carbonyl (C=O) groups excluding carboxylic acids is 1. The number of fused-ring (bicyclic) bond motifs is 1. The lowest BCUT2D eigenvalue weighted by molar-refractivity contribution is -0.147. The van der Waals surface area contributed by atoms with Gasteiger partial charge in [-0.1, -0.05) is 0 Å². The summed E-state index contributed by atoms with van der Waals surface area (Å²) in [6.07, 6.45) is -1.89. The summed E-state index contributed by atoms with van der Waals surface area (Å²) >= 11 is 0. The Kier molecular flexibility index (Phi) is 6.54. The van der Waals surface area contributed by atoms with Crippen LogP contribution in [0.1, 0.15) is 79.1 Å². The Morgan fingerprint density at radius 1 is 1.26 bits per heavy atom. The molecule has 0 aromatic carbocycles. The number of nitrogens with zero attached hydrogens (tertiary/aromatic N) is 6. The fraction of sp³-hybridized carbons (Fsp3) is 0.591. The smallest absolute Gasteiger partial charge is 0.342 e. The van der Waals surface area contributed by atoms with E-state index in [1.54, 1.807) is 6.07 Å². The van der Waals surface area contributed by atoms with Crippen molar-refractivity contribution in [2.45, 2.75) is 77.1 Å². The first-order valence-electron chi connectivity index (χ1n) is 11.4. The van der Waals surface area contributed by atoms with Crippen molar-refractivity contribution in [3.8, 4) is 0 Å². The van der Waals surface area contributed by atoms with E-state index >= 15 is 0 Å². The maximum Gasteiger partial charge on any atom is 0.397 e. The maximum atomic E-state index is 13.8. The summed E-state index contributed by atoms with van der Waals surface area (Å²) in [4.78, 5) is 21.5. The predicted molar refractivity (Wildman–Crippen MR) is 115 cm³/mol. The van der Waals surface area contributed by atoms with Gasteiger partial charge < -0.3 is 5.32 Å². The highest BCUT2D eigenvalue weighted by atomic mass is 19.4. The first-order valence-corrected chi connectivity index (χ1v) is 11.4. The molecule has 0 aliphatic heterocycles. The number of carbonyl (C=O) groups is 1. The van der Waals surface area contributed by atoms with E-state index in [-0.39, 0.29) is 48.8 Å². The summed E-state index contributed by atoms with van der Waals surface area (Å²) in [5.74, 6) is -5.47. The molecule has 1 N–H and O–H groups in total. The molecule has 35 heavy (non-hydrogen) atoms. The summed E-state index contributed by atoms with van der Waals surface area (Å²) in [6, 6.07) is 0.789. The summed E-state index contributed by atoms with van der Waals surface area (Å²) in [5, 5.41) is 11.2. The monoisotopic (exact) mass is 499 g/mol. The van der Waals surface area contributed by atoms with Crippen LogP contribution in [0.5, 0.6) is 0 Å². The number of hydrogen-bond donors (Lipinski definition) is 1. The standard InChI is InChI=1S/C22H26F5N7O/c1-4-33-16(7-10-28-33)19(35)30-18(14-5-8-21(23,24)9-6-14)15-11-34-20(29-15)31-17(13(3)32-34)12(2)22(25,26)27/h7,10-12,14,18H,4-6,8-9H2,1-3H3,(H,30,35). The van der Waals surface area contributed by atoms with Gasteiger partial charge in [0.05, 0.1) is 35.2 Å². The molecule has 1 aliphatic carbocycles. The maximum absolute atomic E-state index is 13.8. The zero-order valence-electron chi connectivity index (χ0n) is 19.5. The van der Waals surface area contributed by atoms with Gasteiger partial charge in [0, 0.05) is 25.6 Å². The van der Waals surface area contributed by atoms with E-state index in [9.17, 15) is 26.7 Å². The summed E-state index contributed by atoms with van der Waals surface area (Å²) < 4.78 is 70.3. The predicted octanol–water partition coefficient (Wildman–Crippen LogP) is 4.61. The van der Waals surface area contributed by atoms with E-state index in [1.807, 2.05) is 6.92 Å². The molecule has 8 nitrogen and oxygen atoms in total. The molecule has 0 radical (unpaired) electrons. The molecule has 1 fully saturated rings. The fourth-order valence-corrected chi connectivity index (χ4v) is 4.47. The SMILES string of the molecule is CCn1nccc1C(=O)NC(c1cn2nc(C)c(C(C)C(F)(F)F)nc2n1)C1CCC(F)(F)CC1. The van der Waals surface area contributed by atoms with Crippen molar-refractivity contribution >= 4 is 11.7 Å². The molecule has 0 bridgehead atoms. The highest BCUT2D eigenvalue weighted by Gasteiger charge is 2.41. The molecule has 0 spiro atoms. The van der Waals surface area contributed by atoms with Crippen molar-refractivity contribution in [3.05, 3.63) is 41.2 Å². The number of nitrogens with one attached hydrogen (secondary N) is 1. The molecule has 13 heteroatoms. The molecule has 2 atom stereocenters. The third-order valence-corrected chi connectivity index (χ3v) is 6.53. The van der Waals surface area contributed by atoms with Gasteiger partial charge in [0.25, 0.3) is 11.7 Å². The lowest BCUT2D eigenvalue weighted by Crippen LogP contribution is -2.38. The topological polar surface area (TPSA) is 90.0 Å². The quantitative estimate of drug-likeness (QED) is 0.501. The third kappa shape index (κ3) is 5.13. The van der Waals surface area contributed by atoms with Crippen LogP contribution in [-0.2, 0) is 6.54 Å². The molecule has 3 aromatic heterocycles. The molecule has 1 saturated carbocycles. The van der Waals surface area contributed by atoms with Gasteiger partial charge in [-0.15, -0.1) is 0 Å². The van der Waals surface area contributed by atoms with Gasteiger partial charge in [-0.25, -0.2) is 23.3 Å². The van der Waals surface area contributed by atoms with Gasteiger partial charge in [0.15, 0.2) is 0 Å². The van der Waals surface area contributed by atoms with Crippen LogP contribution in [0.15, 0.2) is 18.5 Å². The zero-order chi connectivity index (χ0) is 25.5. The second-order valence-corrected chi connectivity index (χ2v) is 8.93. The molecule has 2 unspecified atom stereocenters. The normalized spacial score (nSPS) is 18.5. The number of hydrogen-bond acceptors (Lipinski definition) is 5. The molecule has 1 aliphatic rings. The van der Waals surface area contributed by atoms with Crippen molar-refractivity contribution in [2.75, 3.05) is 0 Å². The second-order valence-electron chi connectivity index (χ2n) is 8.93. The van der Waals surface area contributed by atoms with Crippen LogP contribution in [0.25, 0.3) is 5.78 Å². The number of amides is 1. The van der Waals surface area contributed by atoms with Crippen LogP contribution in [0.4, 0.5) is 22.0 Å². The van der Waals surface area contributed by atoms with E-state index in [4.69, 9.17) is 0 Å². The van der Waals surface area contributed by atoms with E-state index in [0.29, 0.717) is 17.9 Å². The average Bonchev–Trinajstić information content (AvgIpc) is 3.42. The Bertz CT molecular complexity index is 1210. The minimum Gasteiger partial charge on any atom is -0.342 e. The van der Waals surface area contributed by atoms with Crippen LogP contribution in [0.2, 0.25) is 0 Å². The number of imidazole rings is 1. The molecule has 1 amide bonds. The van der Waals surface area contributed by atoms with Crippen molar-refractivity contribution in [1.82, 2.24) is 34.7 Å². The van der Waals surface area contributed by atoms with Crippen LogP contribution < -0.4 is 5.32 Å². The molecule has 3 heterocycles. The van der Waals surface area contributed by atoms with Crippen LogP contribution in [0.3, 0.4) is 0 Å². The first kappa shape index (κ1) is 25.0. The molecular formula is C22H26F5N7O. The highest BCUT2D eigenvalue weighted by Crippen LogP contribution is 2.41. The number of halogens is 5. The molecule has 0 saturated heterocycles. The van der Waals surface area contributed by atoms with E-state index < -0.39 is 30.0 Å². The second kappa shape index (κ2) is 9.15. The van der Waals surface area contributed by atoms with Crippen molar-refractivity contribution in [2.24, 2.45) is 5.92 Å². The van der Waals surface area contributed by atoms with E-state index in [1.165, 1.54) is 28.5 Å². The first-order chi connectivity index (χ1) is 16.4. The Hall–Kier alpha value is -3.12. The summed E-state index contributed by atoms with van der Waals surface area (Å²) in [5.41, 5.74) is 0.450. The minimum absolute atomic E-state index is 0.0595. The van der Waals surface area contributed by atoms with Crippen LogP contribution in [0, 0.1) is 12.8 Å². The van der Waals surface area contributed by atoms with Gasteiger partial charge in [-0.05, 0) is 45.6 Å². The molecule has 190 valence electrons. The van der Waals surface area contributed by atoms with Gasteiger partial charge in [-0.2, -0.15) is 23.4 Å². The number of alkyl halides is 5. The van der Waals surface area contributed by atoms with Gasteiger partial charge in [-0.3, -0.25) is 9.48 Å². The van der Waals surface area contributed by atoms with Gasteiger partial charge in [0.1, 0.15) is 5.69 Å². The summed E-state index contributed by atoms with van der Waals surface area (Å²) in [7, 11) is 0. The average molecular weight is 499 g/mol. The molecule has 3 aromatic rings. The number of rotatable bonds is 6. The van der Waals surface area contributed by atoms with Crippen LogP contribution >= 0.6 is 0 Å². The number of aromatic nitrogens is 6. The van der Waals surface area contributed by atoms with E-state index in [2.05, 4.69) is 25.5 Å². The Labute approximate surface area is 197 Å². The minimum atomic E-state index is -4.50. The lowest BCUT2D eigenvalue weighted by Gasteiger charge is -2.33. The Morgan fingerprint density at radius 2 is 1.94 bits per heavy atom. The Balaban J connectivity index is 1.70. The summed E-state index contributed by atoms with van der Waals surface area (Å²) in [6.45, 7) is 4.71. The lowest BCUT2D eigenvalue weighted by atomic mass is 9.81. The molecular weight excluding hydrogens is 473 g/mol. The van der Waals surface area contributed by atoms with Gasteiger partial charge in [0.2, 0.25) is 5.92 Å². The van der Waals surface area contributed by atoms with Gasteiger partial charge >= 0.3 is 6.18 Å². The highest BCUT2D eigenvalue weighted by molar-refractivity contribution is 5.92. The van der Waals surface area contributed by atoms with Crippen molar-refractivity contribution < 1.29 is 26.7 Å². The fourth-order valence-electron chi connectivity index (χ4n) is 4.47. The molecule has 4 rings (SSSR count). The number of aryl methyl sites for hydroxylation is 2. The van der Waals surface area contributed by atoms with Crippen molar-refractivity contribution in [3.63, 3.8) is 0 Å².